The first-order valence-electron chi connectivity index (χ1n) is 11.2. The maximum atomic E-state index is 12.4. The highest BCUT2D eigenvalue weighted by atomic mass is 16.5. The molecule has 0 unspecified atom stereocenters. The molecule has 2 amide bonds. The monoisotopic (exact) mass is 452 g/mol. The highest BCUT2D eigenvalue weighted by Gasteiger charge is 2.34. The van der Waals surface area contributed by atoms with Gasteiger partial charge in [0.05, 0.1) is 0 Å². The summed E-state index contributed by atoms with van der Waals surface area (Å²) in [5.74, 6) is -1.35. The van der Waals surface area contributed by atoms with Crippen molar-refractivity contribution in [2.75, 3.05) is 26.3 Å². The maximum Gasteiger partial charge on any atom is 0.407 e. The number of amides is 2. The molecular weight excluding hydrogens is 424 g/mol. The number of hydrogen-bond donors (Lipinski definition) is 3. The van der Waals surface area contributed by atoms with Gasteiger partial charge in [-0.25, -0.2) is 4.79 Å². The molecule has 8 heteroatoms. The molecule has 174 valence electrons. The van der Waals surface area contributed by atoms with Crippen LogP contribution in [-0.4, -0.2) is 55.5 Å². The minimum Gasteiger partial charge on any atom is -0.481 e. The van der Waals surface area contributed by atoms with Gasteiger partial charge in [0.2, 0.25) is 5.91 Å². The zero-order valence-corrected chi connectivity index (χ0v) is 18.3. The van der Waals surface area contributed by atoms with E-state index < -0.39 is 18.2 Å². The molecule has 0 spiro atoms. The SMILES string of the molecule is O=C(O)CCCNC(=O)[C@@H]1OCC[C@@H]1CNC(=O)OCC1c2ccccc2-c2ccccc21. The van der Waals surface area contributed by atoms with E-state index >= 15 is 0 Å². The third-order valence-electron chi connectivity index (χ3n) is 6.19. The van der Waals surface area contributed by atoms with Gasteiger partial charge in [0, 0.05) is 38.0 Å². The Morgan fingerprint density at radius 1 is 1.00 bits per heavy atom. The van der Waals surface area contributed by atoms with Crippen molar-refractivity contribution in [3.63, 3.8) is 0 Å². The fourth-order valence-electron chi connectivity index (χ4n) is 4.55. The van der Waals surface area contributed by atoms with E-state index in [9.17, 15) is 14.4 Å². The first kappa shape index (κ1) is 22.8. The number of carbonyl (C=O) groups excluding carboxylic acids is 2. The van der Waals surface area contributed by atoms with Crippen LogP contribution in [0.5, 0.6) is 0 Å². The molecule has 8 nitrogen and oxygen atoms in total. The Labute approximate surface area is 192 Å². The van der Waals surface area contributed by atoms with Crippen molar-refractivity contribution in [2.45, 2.75) is 31.3 Å². The van der Waals surface area contributed by atoms with Crippen molar-refractivity contribution >= 4 is 18.0 Å². The topological polar surface area (TPSA) is 114 Å². The molecule has 0 aromatic heterocycles. The van der Waals surface area contributed by atoms with Crippen LogP contribution in [0.2, 0.25) is 0 Å². The van der Waals surface area contributed by atoms with E-state index in [1.54, 1.807) is 0 Å². The number of carboxylic acid groups (broad SMARTS) is 1. The molecule has 0 bridgehead atoms. The summed E-state index contributed by atoms with van der Waals surface area (Å²) in [6.45, 7) is 1.21. The summed E-state index contributed by atoms with van der Waals surface area (Å²) in [7, 11) is 0. The maximum absolute atomic E-state index is 12.4. The number of ether oxygens (including phenoxy) is 2. The van der Waals surface area contributed by atoms with Crippen LogP contribution in [0, 0.1) is 5.92 Å². The molecule has 2 aliphatic rings. The van der Waals surface area contributed by atoms with Crippen molar-refractivity contribution in [2.24, 2.45) is 5.92 Å². The predicted octanol–water partition coefficient (Wildman–Crippen LogP) is 2.91. The van der Waals surface area contributed by atoms with Crippen molar-refractivity contribution in [3.05, 3.63) is 59.7 Å². The number of fused-ring (bicyclic) bond motifs is 3. The number of nitrogens with one attached hydrogen (secondary N) is 2. The smallest absolute Gasteiger partial charge is 0.407 e. The highest BCUT2D eigenvalue weighted by Crippen LogP contribution is 2.44. The van der Waals surface area contributed by atoms with Crippen LogP contribution in [-0.2, 0) is 19.1 Å². The molecule has 3 N–H and O–H groups in total. The van der Waals surface area contributed by atoms with E-state index in [1.807, 2.05) is 24.3 Å². The average molecular weight is 453 g/mol. The Bertz CT molecular complexity index is 978. The van der Waals surface area contributed by atoms with E-state index in [4.69, 9.17) is 14.6 Å². The molecule has 1 fully saturated rings. The number of carboxylic acids is 1. The summed E-state index contributed by atoms with van der Waals surface area (Å²) in [6, 6.07) is 16.3. The lowest BCUT2D eigenvalue weighted by Crippen LogP contribution is -2.42. The van der Waals surface area contributed by atoms with Gasteiger partial charge in [0.15, 0.2) is 0 Å². The van der Waals surface area contributed by atoms with Gasteiger partial charge < -0.3 is 25.2 Å². The summed E-state index contributed by atoms with van der Waals surface area (Å²) in [5, 5.41) is 14.1. The number of benzene rings is 2. The van der Waals surface area contributed by atoms with Gasteiger partial charge in [0.1, 0.15) is 12.7 Å². The van der Waals surface area contributed by atoms with Crippen molar-refractivity contribution in [1.29, 1.82) is 0 Å². The molecule has 1 aliphatic carbocycles. The van der Waals surface area contributed by atoms with Crippen molar-refractivity contribution in [1.82, 2.24) is 10.6 Å². The van der Waals surface area contributed by atoms with Crippen LogP contribution < -0.4 is 10.6 Å². The van der Waals surface area contributed by atoms with Crippen LogP contribution in [0.4, 0.5) is 4.79 Å². The lowest BCUT2D eigenvalue weighted by Gasteiger charge is -2.19. The van der Waals surface area contributed by atoms with E-state index in [-0.39, 0.29) is 43.9 Å². The lowest BCUT2D eigenvalue weighted by atomic mass is 9.98. The average Bonchev–Trinajstić information content (AvgIpc) is 3.42. The quantitative estimate of drug-likeness (QED) is 0.504. The Balaban J connectivity index is 1.26. The lowest BCUT2D eigenvalue weighted by molar-refractivity contribution is -0.137. The van der Waals surface area contributed by atoms with E-state index in [1.165, 1.54) is 11.1 Å². The molecule has 0 saturated carbocycles. The van der Waals surface area contributed by atoms with Crippen LogP contribution >= 0.6 is 0 Å². The van der Waals surface area contributed by atoms with Gasteiger partial charge in [0.25, 0.3) is 0 Å². The van der Waals surface area contributed by atoms with Crippen molar-refractivity contribution < 1.29 is 29.0 Å². The Kier molecular flexibility index (Phi) is 7.24. The Morgan fingerprint density at radius 2 is 1.67 bits per heavy atom. The summed E-state index contributed by atoms with van der Waals surface area (Å²) in [5.41, 5.74) is 4.63. The van der Waals surface area contributed by atoms with E-state index in [2.05, 4.69) is 34.9 Å². The summed E-state index contributed by atoms with van der Waals surface area (Å²) in [4.78, 5) is 35.3. The van der Waals surface area contributed by atoms with Crippen molar-refractivity contribution in [3.8, 4) is 11.1 Å². The van der Waals surface area contributed by atoms with Crippen LogP contribution in [0.15, 0.2) is 48.5 Å². The molecule has 1 saturated heterocycles. The molecule has 1 aliphatic heterocycles. The third-order valence-corrected chi connectivity index (χ3v) is 6.19. The van der Waals surface area contributed by atoms with Crippen LogP contribution in [0.3, 0.4) is 0 Å². The first-order chi connectivity index (χ1) is 16.0. The molecule has 4 rings (SSSR count). The predicted molar refractivity (Wildman–Crippen MR) is 121 cm³/mol. The number of rotatable bonds is 9. The number of hydrogen-bond acceptors (Lipinski definition) is 5. The highest BCUT2D eigenvalue weighted by molar-refractivity contribution is 5.81. The molecule has 1 heterocycles. The second-order valence-electron chi connectivity index (χ2n) is 8.33. The molecule has 2 aromatic rings. The van der Waals surface area contributed by atoms with Gasteiger partial charge in [-0.2, -0.15) is 0 Å². The minimum absolute atomic E-state index is 0.00142. The third kappa shape index (κ3) is 5.34. The number of aliphatic carboxylic acids is 1. The largest absolute Gasteiger partial charge is 0.481 e. The van der Waals surface area contributed by atoms with Gasteiger partial charge in [-0.3, -0.25) is 9.59 Å². The zero-order chi connectivity index (χ0) is 23.2. The van der Waals surface area contributed by atoms with Crippen LogP contribution in [0.25, 0.3) is 11.1 Å². The number of alkyl carbamates (subject to hydrolysis) is 1. The number of carbonyl (C=O) groups is 3. The fraction of sp³-hybridized carbons (Fsp3) is 0.400. The summed E-state index contributed by atoms with van der Waals surface area (Å²) in [6.07, 6.45) is -0.181. The van der Waals surface area contributed by atoms with Gasteiger partial charge >= 0.3 is 12.1 Å². The van der Waals surface area contributed by atoms with E-state index in [0.29, 0.717) is 19.4 Å². The van der Waals surface area contributed by atoms with Gasteiger partial charge in [-0.1, -0.05) is 48.5 Å². The normalized spacial score (nSPS) is 18.9. The molecule has 2 atom stereocenters. The standard InChI is InChI=1S/C25H28N2O6/c28-22(29)10-5-12-26-24(30)23-16(11-13-32-23)14-27-25(31)33-15-21-19-8-3-1-6-17(19)18-7-2-4-9-20(18)21/h1-4,6-9,16,21,23H,5,10-15H2,(H,26,30)(H,27,31)(H,28,29)/t16-,23-/m1/s1. The molecule has 33 heavy (non-hydrogen) atoms. The summed E-state index contributed by atoms with van der Waals surface area (Å²) < 4.78 is 11.1. The van der Waals surface area contributed by atoms with E-state index in [0.717, 1.165) is 11.1 Å². The summed E-state index contributed by atoms with van der Waals surface area (Å²) >= 11 is 0. The fourth-order valence-corrected chi connectivity index (χ4v) is 4.55. The van der Waals surface area contributed by atoms with Gasteiger partial charge in [-0.15, -0.1) is 0 Å². The second-order valence-corrected chi connectivity index (χ2v) is 8.33. The Hall–Kier alpha value is -3.39. The first-order valence-corrected chi connectivity index (χ1v) is 11.2. The Morgan fingerprint density at radius 3 is 2.33 bits per heavy atom. The molecule has 0 radical (unpaired) electrons. The second kappa shape index (κ2) is 10.5. The van der Waals surface area contributed by atoms with Crippen LogP contribution in [0.1, 0.15) is 36.3 Å². The van der Waals surface area contributed by atoms with Gasteiger partial charge in [-0.05, 0) is 35.1 Å². The minimum atomic E-state index is -0.897. The molecule has 2 aromatic carbocycles. The zero-order valence-electron chi connectivity index (χ0n) is 18.3. The molecular formula is C25H28N2O6.